The third kappa shape index (κ3) is 5.22. The molecule has 3 saturated heterocycles. The van der Waals surface area contributed by atoms with Gasteiger partial charge in [0.05, 0.1) is 13.2 Å². The molecular formula is C25H45N3O3. The van der Waals surface area contributed by atoms with Gasteiger partial charge in [0.2, 0.25) is 0 Å². The molecule has 178 valence electrons. The third-order valence-electron chi connectivity index (χ3n) is 8.04. The van der Waals surface area contributed by atoms with Crippen LogP contribution in [0, 0.1) is 28.1 Å². The highest BCUT2D eigenvalue weighted by Gasteiger charge is 2.53. The van der Waals surface area contributed by atoms with Crippen LogP contribution in [0.3, 0.4) is 0 Å². The number of likely N-dealkylation sites (tertiary alicyclic amines) is 1. The smallest absolute Gasteiger partial charge is 0.410 e. The molecule has 0 aromatic heterocycles. The number of nitrogens with zero attached hydrogens (tertiary/aromatic N) is 1. The van der Waals surface area contributed by atoms with Gasteiger partial charge in [-0.1, -0.05) is 13.8 Å². The number of hydrogen-bond acceptors (Lipinski definition) is 5. The summed E-state index contributed by atoms with van der Waals surface area (Å²) in [7, 11) is 0. The number of carbonyl (C=O) groups excluding carboxylic acids is 1. The zero-order valence-electron chi connectivity index (χ0n) is 20.5. The Kier molecular flexibility index (Phi) is 6.15. The molecular weight excluding hydrogens is 390 g/mol. The summed E-state index contributed by atoms with van der Waals surface area (Å²) in [5.74, 6) is 1.84. The fraction of sp³-hybridized carbons (Fsp3) is 0.960. The summed E-state index contributed by atoms with van der Waals surface area (Å²) in [6.45, 7) is 16.7. The Morgan fingerprint density at radius 1 is 0.935 bits per heavy atom. The second-order valence-corrected chi connectivity index (χ2v) is 13.1. The van der Waals surface area contributed by atoms with E-state index in [1.165, 1.54) is 51.6 Å². The van der Waals surface area contributed by atoms with E-state index >= 15 is 0 Å². The Labute approximate surface area is 189 Å². The van der Waals surface area contributed by atoms with E-state index in [0.29, 0.717) is 22.3 Å². The van der Waals surface area contributed by atoms with Crippen LogP contribution in [-0.4, -0.2) is 62.0 Å². The Balaban J connectivity index is 0.000000121. The molecule has 0 aromatic rings. The lowest BCUT2D eigenvalue weighted by Crippen LogP contribution is -2.63. The van der Waals surface area contributed by atoms with Crippen molar-refractivity contribution in [1.82, 2.24) is 10.2 Å². The summed E-state index contributed by atoms with van der Waals surface area (Å²) in [5, 5.41) is 3.27. The largest absolute Gasteiger partial charge is 0.444 e. The predicted octanol–water partition coefficient (Wildman–Crippen LogP) is 3.78. The highest BCUT2D eigenvalue weighted by atomic mass is 16.6. The summed E-state index contributed by atoms with van der Waals surface area (Å²) in [6.07, 6.45) is 7.80. The first-order valence-electron chi connectivity index (χ1n) is 12.4. The molecule has 6 fully saturated rings. The van der Waals surface area contributed by atoms with Crippen LogP contribution in [0.15, 0.2) is 0 Å². The quantitative estimate of drug-likeness (QED) is 0.605. The van der Waals surface area contributed by atoms with Gasteiger partial charge in [-0.25, -0.2) is 4.79 Å². The fourth-order valence-electron chi connectivity index (χ4n) is 6.76. The minimum Gasteiger partial charge on any atom is -0.444 e. The van der Waals surface area contributed by atoms with Crippen LogP contribution in [0.2, 0.25) is 0 Å². The van der Waals surface area contributed by atoms with E-state index in [1.54, 1.807) is 0 Å². The van der Waals surface area contributed by atoms with Crippen molar-refractivity contribution in [1.29, 1.82) is 0 Å². The molecule has 3 spiro atoms. The van der Waals surface area contributed by atoms with Crippen LogP contribution < -0.4 is 11.1 Å². The third-order valence-corrected chi connectivity index (χ3v) is 8.04. The monoisotopic (exact) mass is 435 g/mol. The normalized spacial score (nSPS) is 33.0. The summed E-state index contributed by atoms with van der Waals surface area (Å²) in [5.41, 5.74) is 7.11. The van der Waals surface area contributed by atoms with E-state index in [9.17, 15) is 4.79 Å². The van der Waals surface area contributed by atoms with E-state index in [4.69, 9.17) is 15.2 Å². The lowest BCUT2D eigenvalue weighted by molar-refractivity contribution is -0.175. The number of ether oxygens (including phenoxy) is 2. The molecule has 3 heterocycles. The first kappa shape index (κ1) is 23.3. The minimum atomic E-state index is -0.368. The summed E-state index contributed by atoms with van der Waals surface area (Å²) >= 11 is 0. The molecule has 6 aliphatic rings. The van der Waals surface area contributed by atoms with Gasteiger partial charge in [-0.15, -0.1) is 0 Å². The van der Waals surface area contributed by atoms with Crippen LogP contribution in [0.5, 0.6) is 0 Å². The van der Waals surface area contributed by atoms with Gasteiger partial charge in [-0.3, -0.25) is 0 Å². The zero-order chi connectivity index (χ0) is 22.5. The van der Waals surface area contributed by atoms with Crippen LogP contribution in [0.1, 0.15) is 73.1 Å². The number of carbonyl (C=O) groups is 1. The molecule has 0 radical (unpaired) electrons. The van der Waals surface area contributed by atoms with Gasteiger partial charge >= 0.3 is 6.09 Å². The molecule has 0 unspecified atom stereocenters. The van der Waals surface area contributed by atoms with Crippen molar-refractivity contribution in [2.45, 2.75) is 84.8 Å². The molecule has 0 atom stereocenters. The zero-order valence-corrected chi connectivity index (χ0v) is 20.5. The SMILES string of the molecule is CC1CC2(C1)CN(C(=O)OC(C)(C)C)C2.CC1CC2(COC2)C1.NC1CC2(CNC2)C1. The van der Waals surface area contributed by atoms with Gasteiger partial charge in [0.25, 0.3) is 0 Å². The first-order chi connectivity index (χ1) is 14.4. The molecule has 6 heteroatoms. The van der Waals surface area contributed by atoms with Gasteiger partial charge in [0.15, 0.2) is 0 Å². The van der Waals surface area contributed by atoms with Crippen molar-refractivity contribution in [3.8, 4) is 0 Å². The van der Waals surface area contributed by atoms with Crippen molar-refractivity contribution >= 4 is 6.09 Å². The van der Waals surface area contributed by atoms with Crippen molar-refractivity contribution in [3.05, 3.63) is 0 Å². The highest BCUT2D eigenvalue weighted by Crippen LogP contribution is 2.52. The Morgan fingerprint density at radius 3 is 1.71 bits per heavy atom. The van der Waals surface area contributed by atoms with E-state index < -0.39 is 0 Å². The highest BCUT2D eigenvalue weighted by molar-refractivity contribution is 5.69. The topological polar surface area (TPSA) is 76.8 Å². The predicted molar refractivity (Wildman–Crippen MR) is 123 cm³/mol. The van der Waals surface area contributed by atoms with Crippen LogP contribution in [-0.2, 0) is 9.47 Å². The number of nitrogens with two attached hydrogens (primary N) is 1. The fourth-order valence-corrected chi connectivity index (χ4v) is 6.76. The van der Waals surface area contributed by atoms with Crippen molar-refractivity contribution < 1.29 is 14.3 Å². The lowest BCUT2D eigenvalue weighted by Gasteiger charge is -2.58. The van der Waals surface area contributed by atoms with E-state index in [-0.39, 0.29) is 11.7 Å². The molecule has 3 saturated carbocycles. The van der Waals surface area contributed by atoms with Crippen LogP contribution >= 0.6 is 0 Å². The molecule has 0 bridgehead atoms. The second-order valence-electron chi connectivity index (χ2n) is 13.1. The maximum Gasteiger partial charge on any atom is 0.410 e. The van der Waals surface area contributed by atoms with Gasteiger partial charge < -0.3 is 25.4 Å². The van der Waals surface area contributed by atoms with Crippen molar-refractivity contribution in [3.63, 3.8) is 0 Å². The number of nitrogens with one attached hydrogen (secondary N) is 1. The number of amides is 1. The summed E-state index contributed by atoms with van der Waals surface area (Å²) in [4.78, 5) is 13.5. The molecule has 3 aliphatic heterocycles. The van der Waals surface area contributed by atoms with Crippen LogP contribution in [0.4, 0.5) is 4.79 Å². The molecule has 6 nitrogen and oxygen atoms in total. The maximum absolute atomic E-state index is 11.7. The van der Waals surface area contributed by atoms with E-state index in [0.717, 1.165) is 38.1 Å². The van der Waals surface area contributed by atoms with Gasteiger partial charge in [-0.05, 0) is 76.5 Å². The van der Waals surface area contributed by atoms with Crippen molar-refractivity contribution in [2.75, 3.05) is 39.4 Å². The van der Waals surface area contributed by atoms with E-state index in [1.807, 2.05) is 25.7 Å². The van der Waals surface area contributed by atoms with Crippen LogP contribution in [0.25, 0.3) is 0 Å². The standard InChI is InChI=1S/C12H21NO2.C7H12O.C6H12N2/c1-9-5-12(6-9)7-13(8-12)10(14)15-11(2,3)4;1-6-2-7(3-6)4-8-5-7;7-5-1-6(2-5)3-8-4-6/h9H,5-8H2,1-4H3;6H,2-5H2,1H3;5,8H,1-4,7H2. The summed E-state index contributed by atoms with van der Waals surface area (Å²) in [6, 6.07) is 0.525. The van der Waals surface area contributed by atoms with Crippen molar-refractivity contribution in [2.24, 2.45) is 33.8 Å². The summed E-state index contributed by atoms with van der Waals surface area (Å²) < 4.78 is 10.4. The number of rotatable bonds is 0. The second kappa shape index (κ2) is 8.18. The Bertz CT molecular complexity index is 607. The Morgan fingerprint density at radius 2 is 1.45 bits per heavy atom. The molecule has 3 N–H and O–H groups in total. The molecule has 3 aliphatic carbocycles. The maximum atomic E-state index is 11.7. The molecule has 6 rings (SSSR count). The molecule has 31 heavy (non-hydrogen) atoms. The minimum absolute atomic E-state index is 0.146. The average molecular weight is 436 g/mol. The molecule has 0 aromatic carbocycles. The van der Waals surface area contributed by atoms with Gasteiger partial charge in [-0.2, -0.15) is 0 Å². The average Bonchev–Trinajstić information content (AvgIpc) is 2.46. The van der Waals surface area contributed by atoms with Gasteiger partial charge in [0.1, 0.15) is 5.60 Å². The Hall–Kier alpha value is -0.850. The number of hydrogen-bond donors (Lipinski definition) is 2. The van der Waals surface area contributed by atoms with E-state index in [2.05, 4.69) is 19.2 Å². The molecule has 1 amide bonds. The lowest BCUT2D eigenvalue weighted by atomic mass is 9.58. The van der Waals surface area contributed by atoms with Gasteiger partial charge in [0, 0.05) is 43.1 Å². The first-order valence-corrected chi connectivity index (χ1v) is 12.4.